The van der Waals surface area contributed by atoms with Gasteiger partial charge in [-0.05, 0) is 31.7 Å². The van der Waals surface area contributed by atoms with Gasteiger partial charge in [0.1, 0.15) is 17.1 Å². The van der Waals surface area contributed by atoms with Gasteiger partial charge in [0.25, 0.3) is 0 Å². The van der Waals surface area contributed by atoms with Crippen molar-refractivity contribution in [2.75, 3.05) is 36.5 Å². The zero-order chi connectivity index (χ0) is 23.5. The number of ether oxygens (including phenoxy) is 2. The lowest BCUT2D eigenvalue weighted by atomic mass is 9.93. The molecule has 0 amide bonds. The normalized spacial score (nSPS) is 21.4. The topological polar surface area (TPSA) is 85.3 Å². The van der Waals surface area contributed by atoms with Crippen LogP contribution in [0.15, 0.2) is 36.9 Å². The van der Waals surface area contributed by atoms with Crippen molar-refractivity contribution in [2.45, 2.75) is 44.0 Å². The molecule has 3 heterocycles. The summed E-state index contributed by atoms with van der Waals surface area (Å²) < 4.78 is 49.9. The van der Waals surface area contributed by atoms with E-state index in [2.05, 4.69) is 30.2 Å². The maximum absolute atomic E-state index is 12.7. The van der Waals surface area contributed by atoms with E-state index in [1.165, 1.54) is 0 Å². The van der Waals surface area contributed by atoms with Crippen LogP contribution in [-0.2, 0) is 10.9 Å². The molecule has 3 aromatic rings. The third-order valence-corrected chi connectivity index (χ3v) is 6.16. The summed E-state index contributed by atoms with van der Waals surface area (Å²) >= 11 is 0. The summed E-state index contributed by atoms with van der Waals surface area (Å²) in [5.41, 5.74) is 1.57. The molecular weight excluding hydrogens is 449 g/mol. The van der Waals surface area contributed by atoms with Gasteiger partial charge in [-0.3, -0.25) is 4.98 Å². The van der Waals surface area contributed by atoms with Crippen molar-refractivity contribution in [3.05, 3.63) is 42.6 Å². The first-order valence-corrected chi connectivity index (χ1v) is 11.4. The number of nitrogens with one attached hydrogen (secondary N) is 1. The van der Waals surface area contributed by atoms with Crippen molar-refractivity contribution in [3.8, 4) is 5.75 Å². The number of hydrogen-bond donors (Lipinski definition) is 1. The number of anilines is 2. The van der Waals surface area contributed by atoms with Gasteiger partial charge in [-0.2, -0.15) is 13.2 Å². The predicted octanol–water partition coefficient (Wildman–Crippen LogP) is 4.08. The van der Waals surface area contributed by atoms with Gasteiger partial charge < -0.3 is 19.7 Å². The number of hydrogen-bond acceptors (Lipinski definition) is 8. The van der Waals surface area contributed by atoms with Gasteiger partial charge in [0, 0.05) is 43.3 Å². The van der Waals surface area contributed by atoms with Crippen molar-refractivity contribution >= 4 is 22.5 Å². The lowest BCUT2D eigenvalue weighted by molar-refractivity contribution is -0.141. The van der Waals surface area contributed by atoms with Gasteiger partial charge in [-0.15, -0.1) is 0 Å². The van der Waals surface area contributed by atoms with E-state index in [9.17, 15) is 13.2 Å². The van der Waals surface area contributed by atoms with Crippen molar-refractivity contribution in [1.29, 1.82) is 0 Å². The van der Waals surface area contributed by atoms with Crippen molar-refractivity contribution in [2.24, 2.45) is 0 Å². The highest BCUT2D eigenvalue weighted by Gasteiger charge is 2.33. The Bertz CT molecular complexity index is 1110. The van der Waals surface area contributed by atoms with Crippen LogP contribution in [-0.4, -0.2) is 58.4 Å². The molecule has 1 saturated carbocycles. The Labute approximate surface area is 194 Å². The second-order valence-corrected chi connectivity index (χ2v) is 8.49. The van der Waals surface area contributed by atoms with Gasteiger partial charge in [-0.1, -0.05) is 0 Å². The van der Waals surface area contributed by atoms with E-state index in [0.717, 1.165) is 73.6 Å². The van der Waals surface area contributed by atoms with E-state index >= 15 is 0 Å². The van der Waals surface area contributed by atoms with Gasteiger partial charge in [0.2, 0.25) is 0 Å². The van der Waals surface area contributed by atoms with E-state index in [-0.39, 0.29) is 12.1 Å². The smallest absolute Gasteiger partial charge is 0.434 e. The number of rotatable bonds is 5. The fraction of sp³-hybridized carbons (Fsp3) is 0.478. The third-order valence-electron chi connectivity index (χ3n) is 6.16. The summed E-state index contributed by atoms with van der Waals surface area (Å²) in [6.45, 7) is 3.01. The molecule has 1 aliphatic heterocycles. The molecule has 2 fully saturated rings. The molecule has 1 aromatic carbocycles. The van der Waals surface area contributed by atoms with Gasteiger partial charge in [0.15, 0.2) is 5.69 Å². The highest BCUT2D eigenvalue weighted by atomic mass is 19.4. The zero-order valence-electron chi connectivity index (χ0n) is 18.5. The Morgan fingerprint density at radius 2 is 1.71 bits per heavy atom. The summed E-state index contributed by atoms with van der Waals surface area (Å²) in [6, 6.07) is 4.17. The zero-order valence-corrected chi connectivity index (χ0v) is 18.5. The quantitative estimate of drug-likeness (QED) is 0.592. The summed E-state index contributed by atoms with van der Waals surface area (Å²) in [5, 5.41) is 3.19. The fourth-order valence-electron chi connectivity index (χ4n) is 4.39. The molecule has 180 valence electrons. The van der Waals surface area contributed by atoms with Crippen LogP contribution in [0.3, 0.4) is 0 Å². The summed E-state index contributed by atoms with van der Waals surface area (Å²) in [7, 11) is 0. The van der Waals surface area contributed by atoms with Crippen LogP contribution >= 0.6 is 0 Å². The van der Waals surface area contributed by atoms with Crippen molar-refractivity contribution in [1.82, 2.24) is 19.9 Å². The molecule has 0 bridgehead atoms. The van der Waals surface area contributed by atoms with Crippen LogP contribution < -0.4 is 15.0 Å². The van der Waals surface area contributed by atoms with Crippen LogP contribution in [0, 0.1) is 0 Å². The molecule has 8 nitrogen and oxygen atoms in total. The molecule has 0 radical (unpaired) electrons. The number of nitrogens with zero attached hydrogens (tertiary/aromatic N) is 5. The van der Waals surface area contributed by atoms with E-state index in [0.29, 0.717) is 19.0 Å². The lowest BCUT2D eigenvalue weighted by Gasteiger charge is -2.31. The highest BCUT2D eigenvalue weighted by Crippen LogP contribution is 2.33. The number of morpholine rings is 1. The third kappa shape index (κ3) is 5.14. The predicted molar refractivity (Wildman–Crippen MR) is 120 cm³/mol. The Morgan fingerprint density at radius 3 is 2.41 bits per heavy atom. The largest absolute Gasteiger partial charge is 0.488 e. The van der Waals surface area contributed by atoms with Gasteiger partial charge >= 0.3 is 6.18 Å². The van der Waals surface area contributed by atoms with Crippen LogP contribution in [0.5, 0.6) is 5.75 Å². The molecule has 1 saturated heterocycles. The lowest BCUT2D eigenvalue weighted by Crippen LogP contribution is -2.36. The first-order chi connectivity index (χ1) is 16.5. The molecule has 5 rings (SSSR count). The Hall–Kier alpha value is -3.21. The molecule has 11 heteroatoms. The average molecular weight is 474 g/mol. The number of fused-ring (bicyclic) bond motifs is 1. The molecule has 2 aromatic heterocycles. The van der Waals surface area contributed by atoms with Crippen LogP contribution in [0.1, 0.15) is 31.4 Å². The molecule has 0 unspecified atom stereocenters. The van der Waals surface area contributed by atoms with E-state index in [4.69, 9.17) is 9.47 Å². The average Bonchev–Trinajstić information content (AvgIpc) is 2.85. The van der Waals surface area contributed by atoms with Gasteiger partial charge in [0.05, 0.1) is 37.2 Å². The second kappa shape index (κ2) is 9.57. The molecule has 1 N–H and O–H groups in total. The first kappa shape index (κ1) is 22.6. The van der Waals surface area contributed by atoms with E-state index in [1.807, 2.05) is 12.1 Å². The Morgan fingerprint density at radius 1 is 0.941 bits per heavy atom. The van der Waals surface area contributed by atoms with Crippen LogP contribution in [0.2, 0.25) is 0 Å². The van der Waals surface area contributed by atoms with E-state index in [1.54, 1.807) is 12.4 Å². The number of aromatic nitrogens is 4. The standard InChI is InChI=1S/C23H25F3N6O2/c24-23(25,26)20-13-30-21(14-29-20)31-15-1-3-17(4-2-15)34-19-12-16(32-7-9-33-10-8-32)11-18-22(19)28-6-5-27-18/h5-6,11-15,17H,1-4,7-10H2,(H,30,31)/t15-,17+. The monoisotopic (exact) mass is 474 g/mol. The molecule has 34 heavy (non-hydrogen) atoms. The summed E-state index contributed by atoms with van der Waals surface area (Å²) in [5.74, 6) is 1.06. The Balaban J connectivity index is 1.23. The maximum atomic E-state index is 12.7. The minimum absolute atomic E-state index is 0.0156. The molecule has 1 aliphatic carbocycles. The molecular formula is C23H25F3N6O2. The first-order valence-electron chi connectivity index (χ1n) is 11.4. The fourth-order valence-corrected chi connectivity index (χ4v) is 4.39. The molecule has 0 spiro atoms. The van der Waals surface area contributed by atoms with Crippen LogP contribution in [0.4, 0.5) is 24.7 Å². The molecule has 2 aliphatic rings. The Kier molecular flexibility index (Phi) is 6.36. The van der Waals surface area contributed by atoms with Crippen LogP contribution in [0.25, 0.3) is 11.0 Å². The number of halogens is 3. The minimum Gasteiger partial charge on any atom is -0.488 e. The summed E-state index contributed by atoms with van der Waals surface area (Å²) in [6.07, 6.45) is 3.96. The van der Waals surface area contributed by atoms with E-state index < -0.39 is 11.9 Å². The SMILES string of the molecule is FC(F)(F)c1cnc(N[C@H]2CC[C@@H](Oc3cc(N4CCOCC4)cc4nccnc34)CC2)cn1. The highest BCUT2D eigenvalue weighted by molar-refractivity contribution is 5.85. The second-order valence-electron chi connectivity index (χ2n) is 8.49. The number of benzene rings is 1. The van der Waals surface area contributed by atoms with Crippen molar-refractivity contribution in [3.63, 3.8) is 0 Å². The van der Waals surface area contributed by atoms with Crippen molar-refractivity contribution < 1.29 is 22.6 Å². The molecule has 0 atom stereocenters. The van der Waals surface area contributed by atoms with Gasteiger partial charge in [-0.25, -0.2) is 15.0 Å². The number of alkyl halides is 3. The summed E-state index contributed by atoms with van der Waals surface area (Å²) in [4.78, 5) is 18.6. The minimum atomic E-state index is -4.49. The maximum Gasteiger partial charge on any atom is 0.434 e.